The highest BCUT2D eigenvalue weighted by Gasteiger charge is 1.97. The van der Waals surface area contributed by atoms with Crippen LogP contribution in [0.2, 0.25) is 0 Å². The minimum Gasteiger partial charge on any atom is -0.489 e. The van der Waals surface area contributed by atoms with Crippen LogP contribution in [0.25, 0.3) is 0 Å². The second-order valence-corrected chi connectivity index (χ2v) is 6.48. The molecule has 4 heteroatoms. The lowest BCUT2D eigenvalue weighted by atomic mass is 10.2. The summed E-state index contributed by atoms with van der Waals surface area (Å²) in [6.07, 6.45) is 1.81. The monoisotopic (exact) mass is 394 g/mol. The number of hydrogen-bond acceptors (Lipinski definition) is 3. The topological polar surface area (TPSA) is 33.6 Å². The fraction of sp³-hybridized carbons (Fsp3) is 0.0952. The van der Waals surface area contributed by atoms with Crippen molar-refractivity contribution in [2.75, 3.05) is 0 Å². The third-order valence-corrected chi connectivity index (χ3v) is 4.16. The molecule has 0 saturated heterocycles. The molecule has 0 radical (unpaired) electrons. The fourth-order valence-corrected chi connectivity index (χ4v) is 2.51. The zero-order valence-electron chi connectivity index (χ0n) is 13.7. The first-order valence-corrected chi connectivity index (χ1v) is 8.86. The summed E-state index contributed by atoms with van der Waals surface area (Å²) < 4.78 is 6.87. The highest BCUT2D eigenvalue weighted by molar-refractivity contribution is 9.10. The molecule has 3 nitrogen and oxygen atoms in total. The van der Waals surface area contributed by atoms with Gasteiger partial charge in [0.15, 0.2) is 0 Å². The van der Waals surface area contributed by atoms with Crippen LogP contribution in [-0.4, -0.2) is 6.21 Å². The van der Waals surface area contributed by atoms with Gasteiger partial charge in [-0.1, -0.05) is 58.4 Å². The van der Waals surface area contributed by atoms with Crippen molar-refractivity contribution in [3.8, 4) is 5.75 Å². The number of benzene rings is 3. The Labute approximate surface area is 156 Å². The van der Waals surface area contributed by atoms with Gasteiger partial charge in [0, 0.05) is 4.47 Å². The molecule has 0 aliphatic carbocycles. The van der Waals surface area contributed by atoms with Crippen LogP contribution in [0.1, 0.15) is 16.7 Å². The molecular weight excluding hydrogens is 376 g/mol. The third kappa shape index (κ3) is 5.76. The smallest absolute Gasteiger partial charge is 0.119 e. The van der Waals surface area contributed by atoms with Gasteiger partial charge >= 0.3 is 0 Å². The van der Waals surface area contributed by atoms with Crippen LogP contribution in [-0.2, 0) is 13.2 Å². The highest BCUT2D eigenvalue weighted by Crippen LogP contribution is 2.15. The second-order valence-electron chi connectivity index (χ2n) is 5.56. The second kappa shape index (κ2) is 9.04. The van der Waals surface area contributed by atoms with E-state index in [-0.39, 0.29) is 0 Å². The molecule has 25 heavy (non-hydrogen) atoms. The molecule has 3 rings (SSSR count). The van der Waals surface area contributed by atoms with Crippen LogP contribution in [0.15, 0.2) is 88.4 Å². The van der Waals surface area contributed by atoms with E-state index in [1.807, 2.05) is 66.7 Å². The summed E-state index contributed by atoms with van der Waals surface area (Å²) in [6, 6.07) is 26.2. The van der Waals surface area contributed by atoms with Crippen LogP contribution in [0.4, 0.5) is 0 Å². The number of hydrogen-bond donors (Lipinski definition) is 1. The summed E-state index contributed by atoms with van der Waals surface area (Å²) in [5.41, 5.74) is 6.42. The van der Waals surface area contributed by atoms with E-state index in [0.29, 0.717) is 13.2 Å². The number of rotatable bonds is 7. The Morgan fingerprint density at radius 2 is 1.56 bits per heavy atom. The van der Waals surface area contributed by atoms with Gasteiger partial charge in [0.25, 0.3) is 0 Å². The summed E-state index contributed by atoms with van der Waals surface area (Å²) in [5, 5.41) is 4.25. The van der Waals surface area contributed by atoms with Gasteiger partial charge in [-0.3, -0.25) is 0 Å². The van der Waals surface area contributed by atoms with Gasteiger partial charge in [-0.05, 0) is 53.1 Å². The average Bonchev–Trinajstić information content (AvgIpc) is 2.67. The number of nitrogens with zero attached hydrogens (tertiary/aromatic N) is 1. The molecule has 0 amide bonds. The quantitative estimate of drug-likeness (QED) is 0.443. The third-order valence-electron chi connectivity index (χ3n) is 3.63. The van der Waals surface area contributed by atoms with Crippen LogP contribution in [0.5, 0.6) is 5.75 Å². The maximum Gasteiger partial charge on any atom is 0.119 e. The highest BCUT2D eigenvalue weighted by atomic mass is 79.9. The van der Waals surface area contributed by atoms with Crippen molar-refractivity contribution in [2.45, 2.75) is 13.2 Å². The maximum absolute atomic E-state index is 5.79. The largest absolute Gasteiger partial charge is 0.489 e. The van der Waals surface area contributed by atoms with E-state index in [9.17, 15) is 0 Å². The van der Waals surface area contributed by atoms with Gasteiger partial charge in [-0.2, -0.15) is 5.10 Å². The lowest BCUT2D eigenvalue weighted by Crippen LogP contribution is -2.05. The standard InChI is InChI=1S/C21H19BrN2O/c22-20-10-6-19(7-11-20)16-25-21-12-8-18(9-13-21)15-24-23-14-17-4-2-1-3-5-17/h1-13,15,23H,14,16H2. The van der Waals surface area contributed by atoms with Crippen molar-refractivity contribution in [3.05, 3.63) is 100 Å². The van der Waals surface area contributed by atoms with Crippen molar-refractivity contribution in [1.29, 1.82) is 0 Å². The first-order chi connectivity index (χ1) is 12.3. The first-order valence-electron chi connectivity index (χ1n) is 8.07. The lowest BCUT2D eigenvalue weighted by molar-refractivity contribution is 0.306. The molecule has 0 aromatic heterocycles. The Bertz CT molecular complexity index is 800. The van der Waals surface area contributed by atoms with E-state index in [2.05, 4.69) is 38.6 Å². The van der Waals surface area contributed by atoms with Crippen LogP contribution < -0.4 is 10.2 Å². The molecule has 0 fully saturated rings. The van der Waals surface area contributed by atoms with Gasteiger partial charge in [0.05, 0.1) is 12.8 Å². The van der Waals surface area contributed by atoms with Gasteiger partial charge in [-0.25, -0.2) is 0 Å². The van der Waals surface area contributed by atoms with Crippen molar-refractivity contribution in [1.82, 2.24) is 5.43 Å². The molecule has 0 saturated carbocycles. The van der Waals surface area contributed by atoms with E-state index < -0.39 is 0 Å². The van der Waals surface area contributed by atoms with Gasteiger partial charge in [0.2, 0.25) is 0 Å². The molecule has 1 N–H and O–H groups in total. The van der Waals surface area contributed by atoms with Crippen LogP contribution >= 0.6 is 15.9 Å². The van der Waals surface area contributed by atoms with Gasteiger partial charge in [-0.15, -0.1) is 0 Å². The van der Waals surface area contributed by atoms with E-state index in [0.717, 1.165) is 21.3 Å². The summed E-state index contributed by atoms with van der Waals surface area (Å²) in [5.74, 6) is 0.845. The number of nitrogens with one attached hydrogen (secondary N) is 1. The van der Waals surface area contributed by atoms with Crippen molar-refractivity contribution in [2.24, 2.45) is 5.10 Å². The predicted molar refractivity (Wildman–Crippen MR) is 106 cm³/mol. The molecule has 0 atom stereocenters. The van der Waals surface area contributed by atoms with Crippen molar-refractivity contribution in [3.63, 3.8) is 0 Å². The lowest BCUT2D eigenvalue weighted by Gasteiger charge is -2.06. The Hall–Kier alpha value is -2.59. The van der Waals surface area contributed by atoms with E-state index in [1.165, 1.54) is 5.56 Å². The van der Waals surface area contributed by atoms with Crippen molar-refractivity contribution < 1.29 is 4.74 Å². The number of ether oxygens (including phenoxy) is 1. The van der Waals surface area contributed by atoms with Gasteiger partial charge in [0.1, 0.15) is 12.4 Å². The molecule has 0 aliphatic rings. The summed E-state index contributed by atoms with van der Waals surface area (Å²) >= 11 is 3.43. The first kappa shape index (κ1) is 17.2. The maximum atomic E-state index is 5.79. The zero-order valence-corrected chi connectivity index (χ0v) is 15.3. The SMILES string of the molecule is Brc1ccc(COc2ccc(C=NNCc3ccccc3)cc2)cc1. The Balaban J connectivity index is 1.46. The minimum absolute atomic E-state index is 0.555. The average molecular weight is 395 g/mol. The minimum atomic E-state index is 0.555. The van der Waals surface area contributed by atoms with Crippen molar-refractivity contribution >= 4 is 22.1 Å². The van der Waals surface area contributed by atoms with Crippen LogP contribution in [0, 0.1) is 0 Å². The zero-order chi connectivity index (χ0) is 17.3. The molecular formula is C21H19BrN2O. The van der Waals surface area contributed by atoms with E-state index >= 15 is 0 Å². The molecule has 0 heterocycles. The Morgan fingerprint density at radius 3 is 2.28 bits per heavy atom. The molecule has 126 valence electrons. The number of hydrazone groups is 1. The summed E-state index contributed by atoms with van der Waals surface area (Å²) in [7, 11) is 0. The van der Waals surface area contributed by atoms with Crippen LogP contribution in [0.3, 0.4) is 0 Å². The van der Waals surface area contributed by atoms with E-state index in [4.69, 9.17) is 4.74 Å². The summed E-state index contributed by atoms with van der Waals surface area (Å²) in [6.45, 7) is 1.27. The van der Waals surface area contributed by atoms with E-state index in [1.54, 1.807) is 6.21 Å². The Morgan fingerprint density at radius 1 is 0.840 bits per heavy atom. The molecule has 0 aliphatic heterocycles. The fourth-order valence-electron chi connectivity index (χ4n) is 2.25. The predicted octanol–water partition coefficient (Wildman–Crippen LogP) is 5.15. The molecule has 3 aromatic carbocycles. The summed E-state index contributed by atoms with van der Waals surface area (Å²) in [4.78, 5) is 0. The molecule has 0 spiro atoms. The molecule has 3 aromatic rings. The Kier molecular flexibility index (Phi) is 6.23. The number of halogens is 1. The van der Waals surface area contributed by atoms with Gasteiger partial charge < -0.3 is 10.2 Å². The molecule has 0 bridgehead atoms. The molecule has 0 unspecified atom stereocenters. The normalized spacial score (nSPS) is 10.8.